The Hall–Kier alpha value is -1.63. The molecule has 1 nitrogen and oxygen atoms in total. The largest absolute Gasteiger partial charge is 0.210 e. The fraction of sp³-hybridized carbons (Fsp3) is 0.154. The van der Waals surface area contributed by atoms with Gasteiger partial charge in [-0.3, -0.25) is 0 Å². The van der Waals surface area contributed by atoms with Gasteiger partial charge in [-0.25, -0.2) is 0 Å². The number of hydrogen-bond donors (Lipinski definition) is 0. The molecule has 0 bridgehead atoms. The van der Waals surface area contributed by atoms with E-state index in [-0.39, 0.29) is 0 Å². The maximum absolute atomic E-state index is 2.18. The molecule has 1 heteroatoms. The third-order valence-corrected chi connectivity index (χ3v) is 2.32. The molecule has 0 radical (unpaired) electrons. The van der Waals surface area contributed by atoms with Gasteiger partial charge in [0, 0.05) is 23.8 Å². The Labute approximate surface area is 84.6 Å². The van der Waals surface area contributed by atoms with Crippen molar-refractivity contribution in [2.24, 2.45) is 0 Å². The molecule has 1 aromatic heterocycles. The highest BCUT2D eigenvalue weighted by atomic mass is 14.9. The quantitative estimate of drug-likeness (QED) is 0.631. The molecule has 0 aliphatic heterocycles. The Bertz CT molecular complexity index is 407. The average Bonchev–Trinajstić information content (AvgIpc) is 2.30. The molecule has 0 amide bonds. The van der Waals surface area contributed by atoms with Gasteiger partial charge in [0.1, 0.15) is 0 Å². The summed E-state index contributed by atoms with van der Waals surface area (Å²) in [6.07, 6.45) is 5.33. The summed E-state index contributed by atoms with van der Waals surface area (Å²) in [5.74, 6) is 0. The third-order valence-electron chi connectivity index (χ3n) is 2.32. The Kier molecular flexibility index (Phi) is 2.59. The van der Waals surface area contributed by atoms with Crippen molar-refractivity contribution in [3.8, 4) is 5.69 Å². The standard InChI is InChI=1S/C13H14N/c1-2-12-7-6-10-14(11-12)13-8-4-3-5-9-13/h3-11H,2H2,1H3/q+1. The monoisotopic (exact) mass is 184 g/mol. The fourth-order valence-corrected chi connectivity index (χ4v) is 1.49. The smallest absolute Gasteiger partial charge is 0.167 e. The van der Waals surface area contributed by atoms with Crippen molar-refractivity contribution < 1.29 is 4.57 Å². The zero-order chi connectivity index (χ0) is 9.80. The molecule has 0 fully saturated rings. The molecule has 2 aromatic rings. The van der Waals surface area contributed by atoms with Crippen LogP contribution in [0.3, 0.4) is 0 Å². The number of aryl methyl sites for hydroxylation is 1. The van der Waals surface area contributed by atoms with E-state index in [1.165, 1.54) is 11.3 Å². The van der Waals surface area contributed by atoms with Gasteiger partial charge in [0.25, 0.3) is 0 Å². The van der Waals surface area contributed by atoms with Gasteiger partial charge in [-0.05, 0) is 12.5 Å². The first-order valence-corrected chi connectivity index (χ1v) is 4.96. The number of benzene rings is 1. The van der Waals surface area contributed by atoms with Crippen molar-refractivity contribution >= 4 is 0 Å². The van der Waals surface area contributed by atoms with Gasteiger partial charge in [-0.1, -0.05) is 25.1 Å². The topological polar surface area (TPSA) is 3.88 Å². The van der Waals surface area contributed by atoms with Crippen molar-refractivity contribution in [1.29, 1.82) is 0 Å². The Morgan fingerprint density at radius 2 is 1.79 bits per heavy atom. The summed E-state index contributed by atoms with van der Waals surface area (Å²) in [6.45, 7) is 2.17. The highest BCUT2D eigenvalue weighted by molar-refractivity contribution is 5.21. The van der Waals surface area contributed by atoms with Gasteiger partial charge in [0.2, 0.25) is 5.69 Å². The molecule has 0 spiro atoms. The zero-order valence-electron chi connectivity index (χ0n) is 8.35. The molecule has 1 aromatic carbocycles. The highest BCUT2D eigenvalue weighted by Crippen LogP contribution is 2.00. The van der Waals surface area contributed by atoms with Crippen molar-refractivity contribution in [1.82, 2.24) is 0 Å². The number of para-hydroxylation sites is 1. The van der Waals surface area contributed by atoms with E-state index in [2.05, 4.69) is 60.3 Å². The summed E-state index contributed by atoms with van der Waals surface area (Å²) in [5.41, 5.74) is 2.57. The maximum atomic E-state index is 2.18. The predicted molar refractivity (Wildman–Crippen MR) is 57.4 cm³/mol. The number of nitrogens with zero attached hydrogens (tertiary/aromatic N) is 1. The lowest BCUT2D eigenvalue weighted by Crippen LogP contribution is -2.29. The molecule has 0 atom stereocenters. The lowest BCUT2D eigenvalue weighted by atomic mass is 10.2. The molecule has 1 heterocycles. The van der Waals surface area contributed by atoms with Gasteiger partial charge in [0.15, 0.2) is 12.4 Å². The highest BCUT2D eigenvalue weighted by Gasteiger charge is 2.03. The summed E-state index contributed by atoms with van der Waals surface area (Å²) in [7, 11) is 0. The van der Waals surface area contributed by atoms with Crippen LogP contribution in [-0.4, -0.2) is 0 Å². The molecule has 0 aliphatic rings. The van der Waals surface area contributed by atoms with E-state index in [1.54, 1.807) is 0 Å². The van der Waals surface area contributed by atoms with E-state index in [0.717, 1.165) is 6.42 Å². The minimum Gasteiger partial charge on any atom is -0.167 e. The van der Waals surface area contributed by atoms with E-state index in [9.17, 15) is 0 Å². The molecule has 0 saturated carbocycles. The first-order chi connectivity index (χ1) is 6.90. The maximum Gasteiger partial charge on any atom is 0.210 e. The molecule has 0 N–H and O–H groups in total. The van der Waals surface area contributed by atoms with Crippen molar-refractivity contribution in [3.63, 3.8) is 0 Å². The van der Waals surface area contributed by atoms with E-state index in [1.807, 2.05) is 6.07 Å². The van der Waals surface area contributed by atoms with E-state index >= 15 is 0 Å². The molecular formula is C13H14N+. The van der Waals surface area contributed by atoms with Crippen LogP contribution in [0.25, 0.3) is 5.69 Å². The molecule has 2 rings (SSSR count). The van der Waals surface area contributed by atoms with E-state index in [4.69, 9.17) is 0 Å². The van der Waals surface area contributed by atoms with Crippen LogP contribution in [-0.2, 0) is 6.42 Å². The van der Waals surface area contributed by atoms with Crippen LogP contribution in [0.15, 0.2) is 54.9 Å². The SMILES string of the molecule is CCc1ccc[n+](-c2ccccc2)c1. The Morgan fingerprint density at radius 1 is 1.00 bits per heavy atom. The molecule has 70 valence electrons. The van der Waals surface area contributed by atoms with Crippen LogP contribution in [0.2, 0.25) is 0 Å². The van der Waals surface area contributed by atoms with Gasteiger partial charge >= 0.3 is 0 Å². The molecule has 14 heavy (non-hydrogen) atoms. The van der Waals surface area contributed by atoms with Crippen LogP contribution in [0, 0.1) is 0 Å². The van der Waals surface area contributed by atoms with Crippen LogP contribution in [0.5, 0.6) is 0 Å². The Morgan fingerprint density at radius 3 is 2.50 bits per heavy atom. The summed E-state index contributed by atoms with van der Waals surface area (Å²) in [5, 5.41) is 0. The van der Waals surface area contributed by atoms with Crippen molar-refractivity contribution in [2.45, 2.75) is 13.3 Å². The second-order valence-corrected chi connectivity index (χ2v) is 3.31. The zero-order valence-corrected chi connectivity index (χ0v) is 8.35. The summed E-state index contributed by atoms with van der Waals surface area (Å²) < 4.78 is 2.15. The van der Waals surface area contributed by atoms with Crippen LogP contribution < -0.4 is 4.57 Å². The molecule has 0 saturated heterocycles. The minimum absolute atomic E-state index is 1.08. The van der Waals surface area contributed by atoms with Gasteiger partial charge in [0.05, 0.1) is 0 Å². The first kappa shape index (κ1) is 8.95. The lowest BCUT2D eigenvalue weighted by molar-refractivity contribution is -0.596. The first-order valence-electron chi connectivity index (χ1n) is 4.96. The molecule has 0 aliphatic carbocycles. The van der Waals surface area contributed by atoms with E-state index < -0.39 is 0 Å². The summed E-state index contributed by atoms with van der Waals surface area (Å²) in [4.78, 5) is 0. The number of aromatic nitrogens is 1. The van der Waals surface area contributed by atoms with Gasteiger partial charge in [-0.15, -0.1) is 0 Å². The average molecular weight is 184 g/mol. The van der Waals surface area contributed by atoms with Gasteiger partial charge in [-0.2, -0.15) is 4.57 Å². The number of pyridine rings is 1. The number of rotatable bonds is 2. The molecular weight excluding hydrogens is 170 g/mol. The van der Waals surface area contributed by atoms with Crippen molar-refractivity contribution in [2.75, 3.05) is 0 Å². The van der Waals surface area contributed by atoms with Crippen LogP contribution in [0.1, 0.15) is 12.5 Å². The fourth-order valence-electron chi connectivity index (χ4n) is 1.49. The summed E-state index contributed by atoms with van der Waals surface area (Å²) in [6, 6.07) is 14.6. The lowest BCUT2D eigenvalue weighted by Gasteiger charge is -1.96. The number of hydrogen-bond acceptors (Lipinski definition) is 0. The second kappa shape index (κ2) is 4.05. The summed E-state index contributed by atoms with van der Waals surface area (Å²) >= 11 is 0. The molecule has 0 unspecified atom stereocenters. The van der Waals surface area contributed by atoms with E-state index in [0.29, 0.717) is 0 Å². The second-order valence-electron chi connectivity index (χ2n) is 3.31. The van der Waals surface area contributed by atoms with Crippen LogP contribution in [0.4, 0.5) is 0 Å². The van der Waals surface area contributed by atoms with Crippen LogP contribution >= 0.6 is 0 Å². The predicted octanol–water partition coefficient (Wildman–Crippen LogP) is 2.53. The normalized spacial score (nSPS) is 10.1. The third kappa shape index (κ3) is 1.82. The minimum atomic E-state index is 1.08. The van der Waals surface area contributed by atoms with Gasteiger partial charge < -0.3 is 0 Å². The Balaban J connectivity index is 2.42. The van der Waals surface area contributed by atoms with Crippen molar-refractivity contribution in [3.05, 3.63) is 60.4 Å².